The number of anilines is 1. The van der Waals surface area contributed by atoms with Crippen molar-refractivity contribution in [3.63, 3.8) is 0 Å². The largest absolute Gasteiger partial charge is 0.360 e. The Balaban J connectivity index is 1.64. The fraction of sp³-hybridized carbons (Fsp3) is 0.478. The van der Waals surface area contributed by atoms with E-state index in [1.807, 2.05) is 28.5 Å². The van der Waals surface area contributed by atoms with Gasteiger partial charge in [0.2, 0.25) is 0 Å². The van der Waals surface area contributed by atoms with Gasteiger partial charge in [-0.2, -0.15) is 0 Å². The Bertz CT molecular complexity index is 941. The van der Waals surface area contributed by atoms with Crippen molar-refractivity contribution >= 4 is 34.1 Å². The zero-order valence-electron chi connectivity index (χ0n) is 17.4. The Morgan fingerprint density at radius 2 is 2.10 bits per heavy atom. The van der Waals surface area contributed by atoms with E-state index >= 15 is 0 Å². The summed E-state index contributed by atoms with van der Waals surface area (Å²) in [5, 5.41) is 1.95. The van der Waals surface area contributed by atoms with Crippen LogP contribution in [0.15, 0.2) is 35.8 Å². The molecule has 5 nitrogen and oxygen atoms in total. The molecule has 0 aliphatic carbocycles. The van der Waals surface area contributed by atoms with Crippen molar-refractivity contribution in [2.45, 2.75) is 45.4 Å². The molecule has 4 rings (SSSR count). The molecule has 4 heterocycles. The Hall–Kier alpha value is -2.18. The van der Waals surface area contributed by atoms with Gasteiger partial charge in [0.25, 0.3) is 5.91 Å². The first-order valence-corrected chi connectivity index (χ1v) is 11.6. The topological polar surface area (TPSA) is 52.2 Å². The number of aromatic nitrogens is 2. The quantitative estimate of drug-likeness (QED) is 0.577. The zero-order chi connectivity index (χ0) is 20.2. The number of thiophene rings is 1. The van der Waals surface area contributed by atoms with E-state index in [4.69, 9.17) is 4.98 Å². The summed E-state index contributed by atoms with van der Waals surface area (Å²) in [6.45, 7) is 8.49. The van der Waals surface area contributed by atoms with Gasteiger partial charge < -0.3 is 9.88 Å². The SMILES string of the molecule is CCCCN(C(=O)c1cccs1)c1ccc2[nH]cc(C3CCN(CC)CC3)c2n1. The lowest BCUT2D eigenvalue weighted by atomic mass is 9.90. The smallest absolute Gasteiger partial charge is 0.269 e. The molecule has 1 saturated heterocycles. The van der Waals surface area contributed by atoms with Crippen LogP contribution in [0.1, 0.15) is 60.7 Å². The number of hydrogen-bond acceptors (Lipinski definition) is 4. The number of hydrogen-bond donors (Lipinski definition) is 1. The number of nitrogens with one attached hydrogen (secondary N) is 1. The number of H-pyrrole nitrogens is 1. The summed E-state index contributed by atoms with van der Waals surface area (Å²) >= 11 is 1.49. The van der Waals surface area contributed by atoms with Gasteiger partial charge in [0.1, 0.15) is 5.82 Å². The number of carbonyl (C=O) groups is 1. The van der Waals surface area contributed by atoms with Gasteiger partial charge in [-0.05, 0) is 74.0 Å². The molecule has 29 heavy (non-hydrogen) atoms. The van der Waals surface area contributed by atoms with Crippen LogP contribution in [-0.2, 0) is 0 Å². The number of pyridine rings is 1. The third-order valence-electron chi connectivity index (χ3n) is 6.00. The van der Waals surface area contributed by atoms with Crippen molar-refractivity contribution in [1.29, 1.82) is 0 Å². The number of nitrogens with zero attached hydrogens (tertiary/aromatic N) is 3. The van der Waals surface area contributed by atoms with Crippen LogP contribution in [0.5, 0.6) is 0 Å². The summed E-state index contributed by atoms with van der Waals surface area (Å²) < 4.78 is 0. The van der Waals surface area contributed by atoms with Crippen LogP contribution in [0.3, 0.4) is 0 Å². The van der Waals surface area contributed by atoms with Gasteiger partial charge in [-0.15, -0.1) is 11.3 Å². The van der Waals surface area contributed by atoms with Gasteiger partial charge in [0.15, 0.2) is 0 Å². The predicted octanol–water partition coefficient (Wildman–Crippen LogP) is 5.27. The average molecular weight is 411 g/mol. The van der Waals surface area contributed by atoms with Crippen LogP contribution in [0.25, 0.3) is 11.0 Å². The molecule has 3 aromatic heterocycles. The van der Waals surface area contributed by atoms with E-state index in [2.05, 4.69) is 36.0 Å². The average Bonchev–Trinajstić information content (AvgIpc) is 3.44. The van der Waals surface area contributed by atoms with Crippen molar-refractivity contribution in [2.75, 3.05) is 31.1 Å². The zero-order valence-corrected chi connectivity index (χ0v) is 18.2. The van der Waals surface area contributed by atoms with Gasteiger partial charge in [-0.1, -0.05) is 26.3 Å². The van der Waals surface area contributed by atoms with Crippen molar-refractivity contribution in [3.05, 3.63) is 46.3 Å². The molecular formula is C23H30N4OS. The Kier molecular flexibility index (Phi) is 6.31. The molecule has 0 aromatic carbocycles. The number of piperidine rings is 1. The lowest BCUT2D eigenvalue weighted by molar-refractivity contribution is 0.0989. The van der Waals surface area contributed by atoms with Crippen LogP contribution in [-0.4, -0.2) is 47.0 Å². The van der Waals surface area contributed by atoms with Crippen molar-refractivity contribution in [1.82, 2.24) is 14.9 Å². The highest BCUT2D eigenvalue weighted by Gasteiger charge is 2.24. The number of amides is 1. The summed E-state index contributed by atoms with van der Waals surface area (Å²) in [6, 6.07) is 7.87. The molecule has 154 valence electrons. The second kappa shape index (κ2) is 9.09. The van der Waals surface area contributed by atoms with E-state index in [-0.39, 0.29) is 5.91 Å². The second-order valence-corrected chi connectivity index (χ2v) is 8.75. The van der Waals surface area contributed by atoms with E-state index < -0.39 is 0 Å². The number of unbranched alkanes of at least 4 members (excludes halogenated alkanes) is 1. The normalized spacial score (nSPS) is 15.8. The maximum Gasteiger partial charge on any atom is 0.269 e. The lowest BCUT2D eigenvalue weighted by Crippen LogP contribution is -2.33. The molecule has 1 amide bonds. The summed E-state index contributed by atoms with van der Waals surface area (Å²) in [4.78, 5) is 26.7. The van der Waals surface area contributed by atoms with Crippen molar-refractivity contribution in [2.24, 2.45) is 0 Å². The highest BCUT2D eigenvalue weighted by atomic mass is 32.1. The number of fused-ring (bicyclic) bond motifs is 1. The first-order chi connectivity index (χ1) is 14.2. The van der Waals surface area contributed by atoms with Gasteiger partial charge in [0.05, 0.1) is 15.9 Å². The van der Waals surface area contributed by atoms with Crippen LogP contribution < -0.4 is 4.90 Å². The van der Waals surface area contributed by atoms with Crippen LogP contribution in [0, 0.1) is 0 Å². The fourth-order valence-electron chi connectivity index (χ4n) is 4.20. The van der Waals surface area contributed by atoms with E-state index in [0.717, 1.165) is 54.2 Å². The predicted molar refractivity (Wildman–Crippen MR) is 121 cm³/mol. The Morgan fingerprint density at radius 3 is 2.79 bits per heavy atom. The van der Waals surface area contributed by atoms with Gasteiger partial charge in [-0.3, -0.25) is 9.69 Å². The monoisotopic (exact) mass is 410 g/mol. The molecule has 1 fully saturated rings. The minimum absolute atomic E-state index is 0.0497. The summed E-state index contributed by atoms with van der Waals surface area (Å²) in [5.41, 5.74) is 3.38. The van der Waals surface area contributed by atoms with Gasteiger partial charge in [-0.25, -0.2) is 4.98 Å². The molecule has 1 N–H and O–H groups in total. The lowest BCUT2D eigenvalue weighted by Gasteiger charge is -2.30. The minimum atomic E-state index is 0.0497. The van der Waals surface area contributed by atoms with Crippen LogP contribution in [0.4, 0.5) is 5.82 Å². The van der Waals surface area contributed by atoms with Crippen molar-refractivity contribution < 1.29 is 4.79 Å². The molecule has 1 aliphatic rings. The number of carbonyl (C=O) groups excluding carboxylic acids is 1. The summed E-state index contributed by atoms with van der Waals surface area (Å²) in [6.07, 6.45) is 6.47. The maximum atomic E-state index is 13.1. The first-order valence-electron chi connectivity index (χ1n) is 10.8. The van der Waals surface area contributed by atoms with Gasteiger partial charge in [0, 0.05) is 12.7 Å². The minimum Gasteiger partial charge on any atom is -0.360 e. The Labute approximate surface area is 176 Å². The first kappa shape index (κ1) is 20.1. The molecule has 0 saturated carbocycles. The summed E-state index contributed by atoms with van der Waals surface area (Å²) in [7, 11) is 0. The van der Waals surface area contributed by atoms with E-state index in [1.54, 1.807) is 0 Å². The fourth-order valence-corrected chi connectivity index (χ4v) is 4.87. The number of rotatable bonds is 7. The van der Waals surface area contributed by atoms with Crippen molar-refractivity contribution in [3.8, 4) is 0 Å². The molecular weight excluding hydrogens is 380 g/mol. The molecule has 0 unspecified atom stereocenters. The molecule has 0 spiro atoms. The van der Waals surface area contributed by atoms with Crippen LogP contribution >= 0.6 is 11.3 Å². The van der Waals surface area contributed by atoms with E-state index in [9.17, 15) is 4.79 Å². The second-order valence-electron chi connectivity index (χ2n) is 7.81. The molecule has 6 heteroatoms. The van der Waals surface area contributed by atoms with Crippen LogP contribution in [0.2, 0.25) is 0 Å². The number of likely N-dealkylation sites (tertiary alicyclic amines) is 1. The molecule has 0 atom stereocenters. The molecule has 1 aliphatic heterocycles. The van der Waals surface area contributed by atoms with E-state index in [1.165, 1.54) is 29.7 Å². The molecule has 0 bridgehead atoms. The van der Waals surface area contributed by atoms with E-state index in [0.29, 0.717) is 12.5 Å². The number of aromatic amines is 1. The van der Waals surface area contributed by atoms with Gasteiger partial charge >= 0.3 is 0 Å². The third-order valence-corrected chi connectivity index (χ3v) is 6.86. The standard InChI is InChI=1S/C23H30N4OS/c1-3-5-12-27(23(28)20-7-6-15-29-20)21-9-8-19-22(25-21)18(16-24-19)17-10-13-26(4-2)14-11-17/h6-9,15-17,24H,3-5,10-14H2,1-2H3. The third kappa shape index (κ3) is 4.23. The highest BCUT2D eigenvalue weighted by Crippen LogP contribution is 2.33. The summed E-state index contributed by atoms with van der Waals surface area (Å²) in [5.74, 6) is 1.34. The molecule has 3 aromatic rings. The Morgan fingerprint density at radius 1 is 1.28 bits per heavy atom. The maximum absolute atomic E-state index is 13.1. The molecule has 0 radical (unpaired) electrons. The highest BCUT2D eigenvalue weighted by molar-refractivity contribution is 7.12.